The number of nitrogens with zero attached hydrogens (tertiary/aromatic N) is 1. The minimum Gasteiger partial charge on any atom is -0.360 e. The van der Waals surface area contributed by atoms with Crippen LogP contribution in [0.1, 0.15) is 10.4 Å². The van der Waals surface area contributed by atoms with Gasteiger partial charge >= 0.3 is 0 Å². The molecule has 0 bridgehead atoms. The second-order valence-corrected chi connectivity index (χ2v) is 4.51. The van der Waals surface area contributed by atoms with Crippen molar-refractivity contribution >= 4 is 28.2 Å². The Bertz CT molecular complexity index is 822. The number of non-ortho nitro benzene ring substituents is 1. The summed E-state index contributed by atoms with van der Waals surface area (Å²) in [6, 6.07) is 13.2. The lowest BCUT2D eigenvalue weighted by molar-refractivity contribution is -0.384. The molecule has 0 aliphatic carbocycles. The molecular weight excluding hydrogens is 270 g/mol. The lowest BCUT2D eigenvalue weighted by atomic mass is 10.1. The van der Waals surface area contributed by atoms with Gasteiger partial charge in [0.15, 0.2) is 0 Å². The molecule has 3 aromatic rings. The Morgan fingerprint density at radius 2 is 1.81 bits per heavy atom. The fraction of sp³-hybridized carbons (Fsp3) is 0. The summed E-state index contributed by atoms with van der Waals surface area (Å²) in [4.78, 5) is 25.4. The van der Waals surface area contributed by atoms with Crippen LogP contribution in [0, 0.1) is 10.1 Å². The van der Waals surface area contributed by atoms with Crippen molar-refractivity contribution in [3.8, 4) is 0 Å². The number of carbonyl (C=O) groups excluding carboxylic acids is 1. The molecule has 0 saturated heterocycles. The van der Waals surface area contributed by atoms with E-state index < -0.39 is 4.92 Å². The molecule has 0 spiro atoms. The standard InChI is InChI=1S/C15H11N3O3/c19-15(13-9-16-14-4-2-1-3-12(13)14)17-10-5-7-11(8-6-10)18(20)21/h1-9,16H,(H,17,19). The van der Waals surface area contributed by atoms with E-state index in [1.165, 1.54) is 24.3 Å². The number of nitrogens with one attached hydrogen (secondary N) is 2. The molecule has 1 heterocycles. The number of carbonyl (C=O) groups is 1. The van der Waals surface area contributed by atoms with Crippen molar-refractivity contribution in [2.45, 2.75) is 0 Å². The Morgan fingerprint density at radius 3 is 2.52 bits per heavy atom. The molecule has 0 unspecified atom stereocenters. The number of anilines is 1. The highest BCUT2D eigenvalue weighted by molar-refractivity contribution is 6.12. The smallest absolute Gasteiger partial charge is 0.269 e. The van der Waals surface area contributed by atoms with Crippen LogP contribution in [0.25, 0.3) is 10.9 Å². The van der Waals surface area contributed by atoms with E-state index in [4.69, 9.17) is 0 Å². The maximum Gasteiger partial charge on any atom is 0.269 e. The van der Waals surface area contributed by atoms with Crippen molar-refractivity contribution in [3.63, 3.8) is 0 Å². The number of aromatic nitrogens is 1. The maximum atomic E-state index is 12.2. The van der Waals surface area contributed by atoms with Gasteiger partial charge in [-0.05, 0) is 18.2 Å². The van der Waals surface area contributed by atoms with E-state index in [1.54, 1.807) is 6.20 Å². The van der Waals surface area contributed by atoms with Gasteiger partial charge in [-0.3, -0.25) is 14.9 Å². The quantitative estimate of drug-likeness (QED) is 0.570. The van der Waals surface area contributed by atoms with Crippen LogP contribution in [0.5, 0.6) is 0 Å². The molecule has 6 nitrogen and oxygen atoms in total. The summed E-state index contributed by atoms with van der Waals surface area (Å²) in [5.41, 5.74) is 1.91. The topological polar surface area (TPSA) is 88.0 Å². The number of H-pyrrole nitrogens is 1. The Kier molecular flexibility index (Phi) is 3.12. The molecule has 0 saturated carbocycles. The van der Waals surface area contributed by atoms with Crippen LogP contribution in [-0.4, -0.2) is 15.8 Å². The molecule has 3 rings (SSSR count). The van der Waals surface area contributed by atoms with Crippen molar-refractivity contribution in [2.24, 2.45) is 0 Å². The fourth-order valence-corrected chi connectivity index (χ4v) is 2.12. The maximum absolute atomic E-state index is 12.2. The molecule has 0 radical (unpaired) electrons. The number of hydrogen-bond donors (Lipinski definition) is 2. The summed E-state index contributed by atoms with van der Waals surface area (Å²) >= 11 is 0. The first-order valence-electron chi connectivity index (χ1n) is 6.27. The zero-order valence-corrected chi connectivity index (χ0v) is 10.9. The molecule has 21 heavy (non-hydrogen) atoms. The van der Waals surface area contributed by atoms with Crippen molar-refractivity contribution in [2.75, 3.05) is 5.32 Å². The number of nitro groups is 1. The summed E-state index contributed by atoms with van der Waals surface area (Å²) in [5.74, 6) is -0.263. The van der Waals surface area contributed by atoms with Crippen LogP contribution < -0.4 is 5.32 Å². The van der Waals surface area contributed by atoms with Crippen LogP contribution in [0.15, 0.2) is 54.7 Å². The molecule has 6 heteroatoms. The van der Waals surface area contributed by atoms with E-state index in [2.05, 4.69) is 10.3 Å². The second-order valence-electron chi connectivity index (χ2n) is 4.51. The first kappa shape index (κ1) is 12.9. The molecule has 1 aromatic heterocycles. The summed E-state index contributed by atoms with van der Waals surface area (Å²) in [7, 11) is 0. The first-order valence-corrected chi connectivity index (χ1v) is 6.27. The van der Waals surface area contributed by atoms with Crippen molar-refractivity contribution < 1.29 is 9.72 Å². The summed E-state index contributed by atoms with van der Waals surface area (Å²) in [6.07, 6.45) is 1.64. The van der Waals surface area contributed by atoms with Gasteiger partial charge in [0.25, 0.3) is 11.6 Å². The normalized spacial score (nSPS) is 10.5. The van der Waals surface area contributed by atoms with Gasteiger partial charge in [-0.25, -0.2) is 0 Å². The third-order valence-corrected chi connectivity index (χ3v) is 3.17. The van der Waals surface area contributed by atoms with Crippen LogP contribution in [0.2, 0.25) is 0 Å². The van der Waals surface area contributed by atoms with E-state index in [0.29, 0.717) is 11.3 Å². The van der Waals surface area contributed by atoms with Gasteiger partial charge in [0.05, 0.1) is 10.5 Å². The van der Waals surface area contributed by atoms with E-state index in [9.17, 15) is 14.9 Å². The minimum atomic E-state index is -0.481. The molecule has 0 aliphatic heterocycles. The van der Waals surface area contributed by atoms with Crippen molar-refractivity contribution in [1.82, 2.24) is 4.98 Å². The Labute approximate surface area is 119 Å². The van der Waals surface area contributed by atoms with Gasteiger partial charge in [0.1, 0.15) is 0 Å². The summed E-state index contributed by atoms with van der Waals surface area (Å²) in [5, 5.41) is 14.1. The van der Waals surface area contributed by atoms with Crippen LogP contribution in [0.4, 0.5) is 11.4 Å². The lowest BCUT2D eigenvalue weighted by Gasteiger charge is -2.04. The molecule has 0 atom stereocenters. The highest BCUT2D eigenvalue weighted by Gasteiger charge is 2.12. The number of para-hydroxylation sites is 1. The number of amides is 1. The largest absolute Gasteiger partial charge is 0.360 e. The molecule has 0 fully saturated rings. The van der Waals surface area contributed by atoms with Crippen molar-refractivity contribution in [3.05, 3.63) is 70.4 Å². The molecule has 1 amide bonds. The number of hydrogen-bond acceptors (Lipinski definition) is 3. The lowest BCUT2D eigenvalue weighted by Crippen LogP contribution is -2.11. The molecule has 0 aliphatic rings. The van der Waals surface area contributed by atoms with E-state index in [0.717, 1.165) is 10.9 Å². The third-order valence-electron chi connectivity index (χ3n) is 3.17. The van der Waals surface area contributed by atoms with Gasteiger partial charge in [0.2, 0.25) is 0 Å². The summed E-state index contributed by atoms with van der Waals surface area (Å²) in [6.45, 7) is 0. The Morgan fingerprint density at radius 1 is 1.10 bits per heavy atom. The van der Waals surface area contributed by atoms with E-state index >= 15 is 0 Å². The molecule has 2 aromatic carbocycles. The highest BCUT2D eigenvalue weighted by Crippen LogP contribution is 2.20. The highest BCUT2D eigenvalue weighted by atomic mass is 16.6. The van der Waals surface area contributed by atoms with Gasteiger partial charge in [-0.2, -0.15) is 0 Å². The van der Waals surface area contributed by atoms with Crippen LogP contribution in [-0.2, 0) is 0 Å². The number of fused-ring (bicyclic) bond motifs is 1. The van der Waals surface area contributed by atoms with Gasteiger partial charge in [0, 0.05) is 34.9 Å². The van der Waals surface area contributed by atoms with Gasteiger partial charge < -0.3 is 10.3 Å². The van der Waals surface area contributed by atoms with Gasteiger partial charge in [-0.1, -0.05) is 18.2 Å². The predicted octanol–water partition coefficient (Wildman–Crippen LogP) is 3.33. The van der Waals surface area contributed by atoms with Crippen LogP contribution >= 0.6 is 0 Å². The minimum absolute atomic E-state index is 0.0138. The monoisotopic (exact) mass is 281 g/mol. The van der Waals surface area contributed by atoms with E-state index in [-0.39, 0.29) is 11.6 Å². The zero-order chi connectivity index (χ0) is 14.8. The fourth-order valence-electron chi connectivity index (χ4n) is 2.12. The first-order chi connectivity index (χ1) is 10.1. The number of benzene rings is 2. The average molecular weight is 281 g/mol. The van der Waals surface area contributed by atoms with Crippen molar-refractivity contribution in [1.29, 1.82) is 0 Å². The summed E-state index contributed by atoms with van der Waals surface area (Å²) < 4.78 is 0. The Hall–Kier alpha value is -3.15. The van der Waals surface area contributed by atoms with Crippen LogP contribution in [0.3, 0.4) is 0 Å². The SMILES string of the molecule is O=C(Nc1ccc([N+](=O)[O-])cc1)c1c[nH]c2ccccc12. The number of nitro benzene ring substituents is 1. The van der Waals surface area contributed by atoms with Gasteiger partial charge in [-0.15, -0.1) is 0 Å². The zero-order valence-electron chi connectivity index (χ0n) is 10.9. The molecule has 104 valence electrons. The molecular formula is C15H11N3O3. The second kappa shape index (κ2) is 5.09. The average Bonchev–Trinajstić information content (AvgIpc) is 2.92. The Balaban J connectivity index is 1.84. The third kappa shape index (κ3) is 2.46. The van der Waals surface area contributed by atoms with E-state index in [1.807, 2.05) is 24.3 Å². The number of rotatable bonds is 3. The predicted molar refractivity (Wildman–Crippen MR) is 79.3 cm³/mol. The molecule has 2 N–H and O–H groups in total. The number of aromatic amines is 1.